The van der Waals surface area contributed by atoms with Gasteiger partial charge in [0.2, 0.25) is 15.9 Å². The highest BCUT2D eigenvalue weighted by Crippen LogP contribution is 2.26. The molecule has 1 N–H and O–H groups in total. The Morgan fingerprint density at radius 2 is 1.59 bits per heavy atom. The second-order valence-electron chi connectivity index (χ2n) is 8.31. The summed E-state index contributed by atoms with van der Waals surface area (Å²) in [6.45, 7) is 9.81. The quantitative estimate of drug-likeness (QED) is 0.732. The highest BCUT2D eigenvalue weighted by Gasteiger charge is 2.22. The van der Waals surface area contributed by atoms with E-state index in [1.165, 1.54) is 0 Å². The summed E-state index contributed by atoms with van der Waals surface area (Å²) in [5.74, 6) is 0.280. The van der Waals surface area contributed by atoms with Crippen LogP contribution in [-0.4, -0.2) is 33.2 Å². The van der Waals surface area contributed by atoms with Crippen molar-refractivity contribution < 1.29 is 17.9 Å². The minimum Gasteiger partial charge on any atom is -0.491 e. The number of hydrogen-bond acceptors (Lipinski definition) is 4. The van der Waals surface area contributed by atoms with Crippen LogP contribution >= 0.6 is 0 Å². The summed E-state index contributed by atoms with van der Waals surface area (Å²) in [7, 11) is -3.62. The Bertz CT molecular complexity index is 928. The molecule has 0 heterocycles. The van der Waals surface area contributed by atoms with Crippen molar-refractivity contribution in [3.05, 3.63) is 54.1 Å². The van der Waals surface area contributed by atoms with Gasteiger partial charge in [0.15, 0.2) is 0 Å². The fourth-order valence-corrected chi connectivity index (χ4v) is 3.60. The standard InChI is InChI=1S/C22H30N2O4S/c1-16(2)28-20-13-9-18(10-14-20)23-21(25)15-24(29(6,26)27)19-11-7-17(8-12-19)22(3,4)5/h7-14,16H,15H2,1-6H3,(H,23,25). The highest BCUT2D eigenvalue weighted by molar-refractivity contribution is 7.92. The van der Waals surface area contributed by atoms with E-state index in [1.807, 2.05) is 26.0 Å². The second kappa shape index (κ2) is 8.86. The van der Waals surface area contributed by atoms with Crippen molar-refractivity contribution in [2.45, 2.75) is 46.1 Å². The number of ether oxygens (including phenoxy) is 1. The molecule has 0 spiro atoms. The van der Waals surface area contributed by atoms with Gasteiger partial charge in [0.05, 0.1) is 18.0 Å². The zero-order chi connectivity index (χ0) is 21.8. The fraction of sp³-hybridized carbons (Fsp3) is 0.409. The number of benzene rings is 2. The third-order valence-corrected chi connectivity index (χ3v) is 5.36. The van der Waals surface area contributed by atoms with Crippen LogP contribution in [0, 0.1) is 0 Å². The number of hydrogen-bond donors (Lipinski definition) is 1. The summed E-state index contributed by atoms with van der Waals surface area (Å²) in [4.78, 5) is 12.5. The number of anilines is 2. The monoisotopic (exact) mass is 418 g/mol. The van der Waals surface area contributed by atoms with Crippen LogP contribution in [0.3, 0.4) is 0 Å². The third kappa shape index (κ3) is 6.78. The molecule has 2 aromatic rings. The Labute approximate surface area is 173 Å². The van der Waals surface area contributed by atoms with E-state index in [0.717, 1.165) is 16.1 Å². The molecule has 0 aliphatic carbocycles. The minimum absolute atomic E-state index is 0.0444. The number of amides is 1. The van der Waals surface area contributed by atoms with E-state index in [0.29, 0.717) is 17.1 Å². The maximum Gasteiger partial charge on any atom is 0.245 e. The summed E-state index contributed by atoms with van der Waals surface area (Å²) in [5.41, 5.74) is 2.07. The molecule has 29 heavy (non-hydrogen) atoms. The largest absolute Gasteiger partial charge is 0.491 e. The number of nitrogens with zero attached hydrogens (tertiary/aromatic N) is 1. The van der Waals surface area contributed by atoms with E-state index in [4.69, 9.17) is 4.74 Å². The SMILES string of the molecule is CC(C)Oc1ccc(NC(=O)CN(c2ccc(C(C)(C)C)cc2)S(C)(=O)=O)cc1. The maximum absolute atomic E-state index is 12.5. The number of nitrogens with one attached hydrogen (secondary N) is 1. The Morgan fingerprint density at radius 3 is 2.03 bits per heavy atom. The number of sulfonamides is 1. The number of rotatable bonds is 7. The maximum atomic E-state index is 12.5. The van der Waals surface area contributed by atoms with Gasteiger partial charge in [-0.1, -0.05) is 32.9 Å². The molecule has 0 bridgehead atoms. The van der Waals surface area contributed by atoms with Crippen molar-refractivity contribution in [2.75, 3.05) is 22.4 Å². The van der Waals surface area contributed by atoms with E-state index in [9.17, 15) is 13.2 Å². The van der Waals surface area contributed by atoms with E-state index in [-0.39, 0.29) is 18.1 Å². The molecule has 0 aliphatic rings. The Balaban J connectivity index is 2.13. The minimum atomic E-state index is -3.62. The first-order chi connectivity index (χ1) is 13.4. The van der Waals surface area contributed by atoms with Crippen LogP contribution in [0.15, 0.2) is 48.5 Å². The summed E-state index contributed by atoms with van der Waals surface area (Å²) < 4.78 is 31.2. The van der Waals surface area contributed by atoms with Crippen LogP contribution in [0.2, 0.25) is 0 Å². The molecule has 158 valence electrons. The van der Waals surface area contributed by atoms with Crippen molar-refractivity contribution in [1.29, 1.82) is 0 Å². The van der Waals surface area contributed by atoms with Crippen molar-refractivity contribution in [2.24, 2.45) is 0 Å². The first kappa shape index (κ1) is 22.7. The Hall–Kier alpha value is -2.54. The molecule has 0 saturated heterocycles. The zero-order valence-corrected chi connectivity index (χ0v) is 18.7. The smallest absolute Gasteiger partial charge is 0.245 e. The molecule has 0 saturated carbocycles. The predicted molar refractivity (Wildman–Crippen MR) is 118 cm³/mol. The second-order valence-corrected chi connectivity index (χ2v) is 10.2. The lowest BCUT2D eigenvalue weighted by atomic mass is 9.87. The fourth-order valence-electron chi connectivity index (χ4n) is 2.75. The average molecular weight is 419 g/mol. The molecule has 0 fully saturated rings. The van der Waals surface area contributed by atoms with Gasteiger partial charge in [-0.25, -0.2) is 8.42 Å². The van der Waals surface area contributed by atoms with E-state index >= 15 is 0 Å². The van der Waals surface area contributed by atoms with Crippen molar-refractivity contribution in [1.82, 2.24) is 0 Å². The van der Waals surface area contributed by atoms with Gasteiger partial charge < -0.3 is 10.1 Å². The molecule has 0 aromatic heterocycles. The lowest BCUT2D eigenvalue weighted by molar-refractivity contribution is -0.114. The van der Waals surface area contributed by atoms with E-state index in [2.05, 4.69) is 26.1 Å². The number of carbonyl (C=O) groups excluding carboxylic acids is 1. The summed E-state index contributed by atoms with van der Waals surface area (Å²) >= 11 is 0. The molecular weight excluding hydrogens is 388 g/mol. The van der Waals surface area contributed by atoms with Gasteiger partial charge in [-0.3, -0.25) is 9.10 Å². The molecular formula is C22H30N2O4S. The first-order valence-corrected chi connectivity index (χ1v) is 11.4. The molecule has 2 rings (SSSR count). The van der Waals surface area contributed by atoms with Crippen LogP contribution < -0.4 is 14.4 Å². The Morgan fingerprint density at radius 1 is 1.03 bits per heavy atom. The van der Waals surface area contributed by atoms with E-state index in [1.54, 1.807) is 36.4 Å². The van der Waals surface area contributed by atoms with Gasteiger partial charge in [-0.2, -0.15) is 0 Å². The van der Waals surface area contributed by atoms with Gasteiger partial charge in [0.25, 0.3) is 0 Å². The average Bonchev–Trinajstić information content (AvgIpc) is 2.59. The summed E-state index contributed by atoms with van der Waals surface area (Å²) in [5, 5.41) is 2.73. The molecule has 6 nitrogen and oxygen atoms in total. The topological polar surface area (TPSA) is 75.7 Å². The molecule has 0 radical (unpaired) electrons. The van der Waals surface area contributed by atoms with Crippen LogP contribution in [0.5, 0.6) is 5.75 Å². The van der Waals surface area contributed by atoms with Gasteiger partial charge in [-0.05, 0) is 61.2 Å². The van der Waals surface area contributed by atoms with Gasteiger partial charge >= 0.3 is 0 Å². The van der Waals surface area contributed by atoms with Crippen molar-refractivity contribution in [3.63, 3.8) is 0 Å². The Kier molecular flexibility index (Phi) is 6.95. The van der Waals surface area contributed by atoms with E-state index < -0.39 is 15.9 Å². The lowest BCUT2D eigenvalue weighted by Crippen LogP contribution is -2.37. The molecule has 7 heteroatoms. The molecule has 0 unspecified atom stereocenters. The highest BCUT2D eigenvalue weighted by atomic mass is 32.2. The number of carbonyl (C=O) groups is 1. The van der Waals surface area contributed by atoms with Crippen molar-refractivity contribution >= 4 is 27.3 Å². The van der Waals surface area contributed by atoms with Crippen molar-refractivity contribution in [3.8, 4) is 5.75 Å². The first-order valence-electron chi connectivity index (χ1n) is 9.51. The summed E-state index contributed by atoms with van der Waals surface area (Å²) in [6, 6.07) is 14.2. The van der Waals surface area contributed by atoms with Crippen LogP contribution in [0.4, 0.5) is 11.4 Å². The predicted octanol–water partition coefficient (Wildman–Crippen LogP) is 4.18. The zero-order valence-electron chi connectivity index (χ0n) is 17.9. The molecule has 0 atom stereocenters. The summed E-state index contributed by atoms with van der Waals surface area (Å²) in [6.07, 6.45) is 1.15. The van der Waals surface area contributed by atoms with Gasteiger partial charge in [0, 0.05) is 5.69 Å². The molecule has 1 amide bonds. The van der Waals surface area contributed by atoms with Crippen LogP contribution in [0.1, 0.15) is 40.2 Å². The van der Waals surface area contributed by atoms with Crippen LogP contribution in [-0.2, 0) is 20.2 Å². The molecule has 2 aromatic carbocycles. The van der Waals surface area contributed by atoms with Gasteiger partial charge in [0.1, 0.15) is 12.3 Å². The molecule has 0 aliphatic heterocycles. The lowest BCUT2D eigenvalue weighted by Gasteiger charge is -2.24. The van der Waals surface area contributed by atoms with Gasteiger partial charge in [-0.15, -0.1) is 0 Å². The normalized spacial score (nSPS) is 12.0. The third-order valence-electron chi connectivity index (χ3n) is 4.22. The van der Waals surface area contributed by atoms with Crippen LogP contribution in [0.25, 0.3) is 0 Å².